The molecule has 5 nitrogen and oxygen atoms in total. The van der Waals surface area contributed by atoms with Gasteiger partial charge in [0, 0.05) is 28.3 Å². The molecule has 2 N–H and O–H groups in total. The van der Waals surface area contributed by atoms with Gasteiger partial charge in [-0.05, 0) is 60.9 Å². The number of rotatable bonds is 4. The molecule has 0 spiro atoms. The summed E-state index contributed by atoms with van der Waals surface area (Å²) in [6, 6.07) is 19.0. The van der Waals surface area contributed by atoms with E-state index in [1.54, 1.807) is 6.07 Å². The van der Waals surface area contributed by atoms with Gasteiger partial charge in [-0.15, -0.1) is 0 Å². The van der Waals surface area contributed by atoms with E-state index in [1.807, 2.05) is 60.4 Å². The quantitative estimate of drug-likeness (QED) is 0.516. The normalized spacial score (nSPS) is 14.8. The van der Waals surface area contributed by atoms with Crippen LogP contribution >= 0.6 is 15.9 Å². The molecule has 31 heavy (non-hydrogen) atoms. The summed E-state index contributed by atoms with van der Waals surface area (Å²) >= 11 is 3.19. The zero-order valence-corrected chi connectivity index (χ0v) is 18.4. The second-order valence-electron chi connectivity index (χ2n) is 7.49. The van der Waals surface area contributed by atoms with Crippen LogP contribution in [-0.2, 0) is 13.0 Å². The van der Waals surface area contributed by atoms with E-state index < -0.39 is 11.8 Å². The Morgan fingerprint density at radius 3 is 2.61 bits per heavy atom. The lowest BCUT2D eigenvalue weighted by Crippen LogP contribution is -2.35. The van der Waals surface area contributed by atoms with Gasteiger partial charge in [-0.3, -0.25) is 4.79 Å². The highest BCUT2D eigenvalue weighted by atomic mass is 79.9. The summed E-state index contributed by atoms with van der Waals surface area (Å²) in [6.45, 7) is 2.28. The fourth-order valence-corrected chi connectivity index (χ4v) is 4.07. The van der Waals surface area contributed by atoms with E-state index in [1.165, 1.54) is 12.1 Å². The number of nitrogens with one attached hydrogen (secondary N) is 2. The lowest BCUT2D eigenvalue weighted by atomic mass is 10.1. The van der Waals surface area contributed by atoms with Gasteiger partial charge in [0.2, 0.25) is 0 Å². The Labute approximate surface area is 188 Å². The Hall–Kier alpha value is -3.19. The molecule has 0 radical (unpaired) electrons. The van der Waals surface area contributed by atoms with Crippen LogP contribution in [0.1, 0.15) is 28.4 Å². The number of benzene rings is 3. The van der Waals surface area contributed by atoms with Gasteiger partial charge in [0.15, 0.2) is 0 Å². The lowest BCUT2D eigenvalue weighted by molar-refractivity contribution is 0.0981. The molecule has 0 unspecified atom stereocenters. The standard InChI is InChI=1S/C24H21BrFN3O2/c1-15-11-18-8-7-16(12-22(18)29(15)23(30)17-5-3-2-4-6-17)14-27-24(31)28-21-10-9-19(25)13-20(21)26/h2-10,12-13,15H,11,14H2,1H3,(H2,27,28,31)/t15-/m0/s1. The highest BCUT2D eigenvalue weighted by molar-refractivity contribution is 9.10. The minimum atomic E-state index is -0.522. The Bertz CT molecular complexity index is 1140. The molecule has 0 aliphatic carbocycles. The summed E-state index contributed by atoms with van der Waals surface area (Å²) in [5, 5.41) is 5.24. The molecule has 1 heterocycles. The monoisotopic (exact) mass is 481 g/mol. The Balaban J connectivity index is 1.46. The fraction of sp³-hybridized carbons (Fsp3) is 0.167. The highest BCUT2D eigenvalue weighted by Crippen LogP contribution is 2.34. The van der Waals surface area contributed by atoms with Crippen molar-refractivity contribution in [3.05, 3.63) is 93.7 Å². The second-order valence-corrected chi connectivity index (χ2v) is 8.40. The molecule has 0 saturated heterocycles. The smallest absolute Gasteiger partial charge is 0.319 e. The molecular weight excluding hydrogens is 461 g/mol. The number of halogens is 2. The first-order valence-electron chi connectivity index (χ1n) is 9.92. The number of nitrogens with zero attached hydrogens (tertiary/aromatic N) is 1. The van der Waals surface area contributed by atoms with Crippen LogP contribution in [0.5, 0.6) is 0 Å². The van der Waals surface area contributed by atoms with Crippen molar-refractivity contribution in [1.82, 2.24) is 5.32 Å². The Morgan fingerprint density at radius 2 is 1.87 bits per heavy atom. The van der Waals surface area contributed by atoms with E-state index in [4.69, 9.17) is 0 Å². The van der Waals surface area contributed by atoms with Gasteiger partial charge in [0.05, 0.1) is 5.69 Å². The third kappa shape index (κ3) is 4.61. The largest absolute Gasteiger partial charge is 0.334 e. The molecule has 1 aliphatic heterocycles. The fourth-order valence-electron chi connectivity index (χ4n) is 3.73. The average molecular weight is 482 g/mol. The molecule has 0 aromatic heterocycles. The van der Waals surface area contributed by atoms with Gasteiger partial charge in [-0.25, -0.2) is 9.18 Å². The van der Waals surface area contributed by atoms with Crippen LogP contribution in [0.15, 0.2) is 71.2 Å². The molecule has 0 fully saturated rings. The van der Waals surface area contributed by atoms with Crippen molar-refractivity contribution in [1.29, 1.82) is 0 Å². The average Bonchev–Trinajstić information content (AvgIpc) is 3.09. The summed E-state index contributed by atoms with van der Waals surface area (Å²) in [5.41, 5.74) is 3.55. The number of carbonyl (C=O) groups excluding carboxylic acids is 2. The third-order valence-corrected chi connectivity index (χ3v) is 5.73. The highest BCUT2D eigenvalue weighted by Gasteiger charge is 2.31. The Morgan fingerprint density at radius 1 is 1.10 bits per heavy atom. The van der Waals surface area contributed by atoms with Gasteiger partial charge in [-0.1, -0.05) is 46.3 Å². The molecule has 3 amide bonds. The predicted octanol–water partition coefficient (Wildman–Crippen LogP) is 5.50. The summed E-state index contributed by atoms with van der Waals surface area (Å²) in [5.74, 6) is -0.563. The van der Waals surface area contributed by atoms with E-state index in [0.29, 0.717) is 10.0 Å². The molecule has 1 aliphatic rings. The van der Waals surface area contributed by atoms with E-state index in [2.05, 4.69) is 26.6 Å². The van der Waals surface area contributed by atoms with Crippen molar-refractivity contribution in [3.63, 3.8) is 0 Å². The minimum absolute atomic E-state index is 0.0413. The van der Waals surface area contributed by atoms with Gasteiger partial charge in [-0.2, -0.15) is 0 Å². The number of hydrogen-bond donors (Lipinski definition) is 2. The van der Waals surface area contributed by atoms with Crippen LogP contribution in [0.25, 0.3) is 0 Å². The van der Waals surface area contributed by atoms with Gasteiger partial charge in [0.1, 0.15) is 5.82 Å². The molecule has 0 saturated carbocycles. The topological polar surface area (TPSA) is 61.4 Å². The third-order valence-electron chi connectivity index (χ3n) is 5.24. The summed E-state index contributed by atoms with van der Waals surface area (Å²) in [6.07, 6.45) is 0.783. The van der Waals surface area contributed by atoms with Crippen molar-refractivity contribution >= 4 is 39.2 Å². The zero-order chi connectivity index (χ0) is 22.0. The van der Waals surface area contributed by atoms with Crippen LogP contribution < -0.4 is 15.5 Å². The van der Waals surface area contributed by atoms with Gasteiger partial charge >= 0.3 is 6.03 Å². The van der Waals surface area contributed by atoms with Crippen LogP contribution in [-0.4, -0.2) is 18.0 Å². The molecule has 4 rings (SSSR count). The molecule has 3 aromatic carbocycles. The number of hydrogen-bond acceptors (Lipinski definition) is 2. The van der Waals surface area contributed by atoms with Crippen LogP contribution in [0.3, 0.4) is 0 Å². The second kappa shape index (κ2) is 8.89. The first-order valence-corrected chi connectivity index (χ1v) is 10.7. The summed E-state index contributed by atoms with van der Waals surface area (Å²) < 4.78 is 14.5. The van der Waals surface area contributed by atoms with Crippen LogP contribution in [0.4, 0.5) is 20.6 Å². The molecule has 0 bridgehead atoms. The van der Waals surface area contributed by atoms with E-state index in [-0.39, 0.29) is 24.2 Å². The number of carbonyl (C=O) groups is 2. The van der Waals surface area contributed by atoms with Crippen LogP contribution in [0.2, 0.25) is 0 Å². The lowest BCUT2D eigenvalue weighted by Gasteiger charge is -2.23. The van der Waals surface area contributed by atoms with Crippen molar-refractivity contribution in [3.8, 4) is 0 Å². The first-order chi connectivity index (χ1) is 14.9. The summed E-state index contributed by atoms with van der Waals surface area (Å²) in [7, 11) is 0. The maximum Gasteiger partial charge on any atom is 0.319 e. The van der Waals surface area contributed by atoms with Crippen molar-refractivity contribution in [2.75, 3.05) is 10.2 Å². The van der Waals surface area contributed by atoms with Gasteiger partial charge in [0.25, 0.3) is 5.91 Å². The molecule has 158 valence electrons. The van der Waals surface area contributed by atoms with E-state index in [9.17, 15) is 14.0 Å². The number of anilines is 2. The van der Waals surface area contributed by atoms with E-state index >= 15 is 0 Å². The van der Waals surface area contributed by atoms with Crippen molar-refractivity contribution in [2.24, 2.45) is 0 Å². The maximum atomic E-state index is 13.9. The van der Waals surface area contributed by atoms with E-state index in [0.717, 1.165) is 23.2 Å². The minimum Gasteiger partial charge on any atom is -0.334 e. The number of amides is 3. The first kappa shape index (κ1) is 21.1. The number of urea groups is 1. The molecular formula is C24H21BrFN3O2. The summed E-state index contributed by atoms with van der Waals surface area (Å²) in [4.78, 5) is 27.1. The zero-order valence-electron chi connectivity index (χ0n) is 16.9. The Kier molecular flexibility index (Phi) is 6.04. The SMILES string of the molecule is C[C@H]1Cc2ccc(CNC(=O)Nc3ccc(Br)cc3F)cc2N1C(=O)c1ccccc1. The number of fused-ring (bicyclic) bond motifs is 1. The predicted molar refractivity (Wildman–Crippen MR) is 123 cm³/mol. The van der Waals surface area contributed by atoms with Gasteiger partial charge < -0.3 is 15.5 Å². The van der Waals surface area contributed by atoms with Crippen LogP contribution in [0, 0.1) is 5.82 Å². The molecule has 1 atom stereocenters. The van der Waals surface area contributed by atoms with Crippen molar-refractivity contribution in [2.45, 2.75) is 25.9 Å². The maximum absolute atomic E-state index is 13.9. The van der Waals surface area contributed by atoms with Crippen molar-refractivity contribution < 1.29 is 14.0 Å². The molecule has 7 heteroatoms. The molecule has 3 aromatic rings.